The fourth-order valence-electron chi connectivity index (χ4n) is 2.29. The molecule has 1 aliphatic rings. The van der Waals surface area contributed by atoms with E-state index in [1.54, 1.807) is 23.5 Å². The van der Waals surface area contributed by atoms with Crippen molar-refractivity contribution in [2.45, 2.75) is 38.5 Å². The fraction of sp³-hybridized carbons (Fsp3) is 0.429. The van der Waals surface area contributed by atoms with Crippen molar-refractivity contribution in [2.75, 3.05) is 0 Å². The molecule has 94 valence electrons. The number of aromatic nitrogens is 1. The van der Waals surface area contributed by atoms with Crippen LogP contribution in [0.15, 0.2) is 22.8 Å². The predicted molar refractivity (Wildman–Crippen MR) is 70.1 cm³/mol. The Hall–Kier alpha value is -1.42. The van der Waals surface area contributed by atoms with Crippen LogP contribution in [0.1, 0.15) is 45.4 Å². The number of aryl methyl sites for hydroxylation is 3. The monoisotopic (exact) mass is 261 g/mol. The summed E-state index contributed by atoms with van der Waals surface area (Å²) in [5.41, 5.74) is 1.27. The van der Waals surface area contributed by atoms with Crippen LogP contribution >= 0.6 is 11.3 Å². The summed E-state index contributed by atoms with van der Waals surface area (Å²) >= 11 is 1.78. The second-order valence-electron chi connectivity index (χ2n) is 4.59. The van der Waals surface area contributed by atoms with Gasteiger partial charge in [-0.15, -0.1) is 11.3 Å². The van der Waals surface area contributed by atoms with Gasteiger partial charge >= 0.3 is 0 Å². The maximum Gasteiger partial charge on any atom is 0.198 e. The van der Waals surface area contributed by atoms with Crippen LogP contribution in [0, 0.1) is 0 Å². The van der Waals surface area contributed by atoms with Crippen LogP contribution < -0.4 is 0 Å². The van der Waals surface area contributed by atoms with E-state index in [1.165, 1.54) is 36.1 Å². The maximum atomic E-state index is 11.8. The molecule has 18 heavy (non-hydrogen) atoms. The van der Waals surface area contributed by atoms with Gasteiger partial charge in [-0.1, -0.05) is 0 Å². The highest BCUT2D eigenvalue weighted by Gasteiger charge is 2.16. The van der Waals surface area contributed by atoms with Crippen molar-refractivity contribution in [3.8, 4) is 0 Å². The number of hydrogen-bond donors (Lipinski definition) is 0. The van der Waals surface area contributed by atoms with Gasteiger partial charge < -0.3 is 4.42 Å². The largest absolute Gasteiger partial charge is 0.461 e. The van der Waals surface area contributed by atoms with Crippen LogP contribution in [0.4, 0.5) is 0 Å². The second-order valence-corrected chi connectivity index (χ2v) is 5.75. The number of Topliss-reactive ketones (excluding diaryl/α,β-unsaturated/α-hetero) is 1. The van der Waals surface area contributed by atoms with E-state index in [-0.39, 0.29) is 5.78 Å². The zero-order chi connectivity index (χ0) is 12.4. The molecule has 4 heteroatoms. The number of ketones is 1. The Labute approximate surface area is 110 Å². The quantitative estimate of drug-likeness (QED) is 0.792. The number of rotatable bonds is 4. The molecule has 2 aromatic rings. The molecule has 0 spiro atoms. The van der Waals surface area contributed by atoms with Crippen molar-refractivity contribution in [2.24, 2.45) is 0 Å². The SMILES string of the molecule is O=C(CCc1nc2c(s1)CCCC2)c1ccco1. The molecule has 0 fully saturated rings. The van der Waals surface area contributed by atoms with E-state index in [9.17, 15) is 4.79 Å². The molecule has 0 saturated heterocycles. The van der Waals surface area contributed by atoms with E-state index in [0.29, 0.717) is 12.2 Å². The lowest BCUT2D eigenvalue weighted by molar-refractivity contribution is 0.0956. The molecule has 0 bridgehead atoms. The standard InChI is InChI=1S/C14H15NO2S/c16-11(12-5-3-9-17-12)7-8-14-15-10-4-1-2-6-13(10)18-14/h3,5,9H,1-2,4,6-8H2. The average Bonchev–Trinajstić information content (AvgIpc) is 3.04. The van der Waals surface area contributed by atoms with E-state index >= 15 is 0 Å². The molecule has 0 atom stereocenters. The molecular formula is C14H15NO2S. The highest BCUT2D eigenvalue weighted by molar-refractivity contribution is 7.11. The second kappa shape index (κ2) is 5.06. The van der Waals surface area contributed by atoms with Gasteiger partial charge in [0.15, 0.2) is 11.5 Å². The first kappa shape index (κ1) is 11.7. The average molecular weight is 261 g/mol. The van der Waals surface area contributed by atoms with Crippen molar-refractivity contribution in [1.29, 1.82) is 0 Å². The third-order valence-corrected chi connectivity index (χ3v) is 4.47. The molecule has 0 unspecified atom stereocenters. The third kappa shape index (κ3) is 2.38. The Morgan fingerprint density at radius 2 is 2.28 bits per heavy atom. The molecule has 0 saturated carbocycles. The molecule has 2 heterocycles. The first-order valence-electron chi connectivity index (χ1n) is 6.37. The maximum absolute atomic E-state index is 11.8. The lowest BCUT2D eigenvalue weighted by Gasteiger charge is -2.06. The molecule has 3 rings (SSSR count). The van der Waals surface area contributed by atoms with E-state index in [0.717, 1.165) is 17.8 Å². The molecule has 3 nitrogen and oxygen atoms in total. The minimum absolute atomic E-state index is 0.0631. The summed E-state index contributed by atoms with van der Waals surface area (Å²) in [4.78, 5) is 17.9. The van der Waals surface area contributed by atoms with Crippen molar-refractivity contribution >= 4 is 17.1 Å². The number of thiazole rings is 1. The Morgan fingerprint density at radius 1 is 1.39 bits per heavy atom. The predicted octanol–water partition coefficient (Wildman–Crippen LogP) is 3.43. The molecule has 0 radical (unpaired) electrons. The van der Waals surface area contributed by atoms with Gasteiger partial charge in [-0.05, 0) is 37.8 Å². The smallest absolute Gasteiger partial charge is 0.198 e. The summed E-state index contributed by atoms with van der Waals surface area (Å²) in [7, 11) is 0. The van der Waals surface area contributed by atoms with Gasteiger partial charge in [-0.3, -0.25) is 4.79 Å². The highest BCUT2D eigenvalue weighted by Crippen LogP contribution is 2.27. The molecule has 0 aliphatic heterocycles. The van der Waals surface area contributed by atoms with Crippen LogP contribution in [-0.2, 0) is 19.3 Å². The first-order chi connectivity index (χ1) is 8.83. The number of nitrogens with zero attached hydrogens (tertiary/aromatic N) is 1. The lowest BCUT2D eigenvalue weighted by Crippen LogP contribution is -2.00. The summed E-state index contributed by atoms with van der Waals surface area (Å²) in [5.74, 6) is 0.518. The van der Waals surface area contributed by atoms with Crippen LogP contribution in [0.2, 0.25) is 0 Å². The van der Waals surface area contributed by atoms with Crippen molar-refractivity contribution in [1.82, 2.24) is 4.98 Å². The molecule has 2 aromatic heterocycles. The molecule has 0 aromatic carbocycles. The normalized spacial score (nSPS) is 14.4. The van der Waals surface area contributed by atoms with Gasteiger partial charge in [0, 0.05) is 17.7 Å². The fourth-order valence-corrected chi connectivity index (χ4v) is 3.45. The van der Waals surface area contributed by atoms with Gasteiger partial charge in [-0.25, -0.2) is 4.98 Å². The Kier molecular flexibility index (Phi) is 3.28. The van der Waals surface area contributed by atoms with Crippen molar-refractivity contribution in [3.63, 3.8) is 0 Å². The number of fused-ring (bicyclic) bond motifs is 1. The molecule has 0 amide bonds. The molecule has 1 aliphatic carbocycles. The van der Waals surface area contributed by atoms with Crippen molar-refractivity contribution < 1.29 is 9.21 Å². The summed E-state index contributed by atoms with van der Waals surface area (Å²) in [6, 6.07) is 3.46. The van der Waals surface area contributed by atoms with Gasteiger partial charge in [0.2, 0.25) is 0 Å². The minimum Gasteiger partial charge on any atom is -0.461 e. The lowest BCUT2D eigenvalue weighted by atomic mass is 10.0. The van der Waals surface area contributed by atoms with Gasteiger partial charge in [-0.2, -0.15) is 0 Å². The van der Waals surface area contributed by atoms with E-state index in [4.69, 9.17) is 4.42 Å². The van der Waals surface area contributed by atoms with E-state index in [2.05, 4.69) is 4.98 Å². The zero-order valence-corrected chi connectivity index (χ0v) is 11.0. The summed E-state index contributed by atoms with van der Waals surface area (Å²) in [6.45, 7) is 0. The number of furan rings is 1. The van der Waals surface area contributed by atoms with Crippen molar-refractivity contribution in [3.05, 3.63) is 39.7 Å². The van der Waals surface area contributed by atoms with Gasteiger partial charge in [0.1, 0.15) is 0 Å². The van der Waals surface area contributed by atoms with Crippen LogP contribution in [0.5, 0.6) is 0 Å². The number of hydrogen-bond acceptors (Lipinski definition) is 4. The molecular weight excluding hydrogens is 246 g/mol. The number of carbonyl (C=O) groups is 1. The molecule has 0 N–H and O–H groups in total. The highest BCUT2D eigenvalue weighted by atomic mass is 32.1. The van der Waals surface area contributed by atoms with Crippen LogP contribution in [0.25, 0.3) is 0 Å². The van der Waals surface area contributed by atoms with Crippen LogP contribution in [0.3, 0.4) is 0 Å². The van der Waals surface area contributed by atoms with E-state index in [1.807, 2.05) is 0 Å². The van der Waals surface area contributed by atoms with Crippen LogP contribution in [-0.4, -0.2) is 10.8 Å². The Balaban J connectivity index is 1.63. The topological polar surface area (TPSA) is 43.1 Å². The summed E-state index contributed by atoms with van der Waals surface area (Å²) in [5, 5.41) is 1.10. The number of carbonyl (C=O) groups excluding carboxylic acids is 1. The Bertz CT molecular complexity index is 519. The first-order valence-corrected chi connectivity index (χ1v) is 7.19. The summed E-state index contributed by atoms with van der Waals surface area (Å²) < 4.78 is 5.10. The zero-order valence-electron chi connectivity index (χ0n) is 10.1. The van der Waals surface area contributed by atoms with E-state index < -0.39 is 0 Å². The van der Waals surface area contributed by atoms with Gasteiger partial charge in [0.25, 0.3) is 0 Å². The third-order valence-electron chi connectivity index (χ3n) is 3.25. The summed E-state index contributed by atoms with van der Waals surface area (Å²) in [6.07, 6.45) is 7.56. The Morgan fingerprint density at radius 3 is 3.06 bits per heavy atom. The minimum atomic E-state index is 0.0631. The van der Waals surface area contributed by atoms with Gasteiger partial charge in [0.05, 0.1) is 17.0 Å².